The molecule has 0 aliphatic heterocycles. The molecule has 0 saturated heterocycles. The molecule has 0 atom stereocenters. The van der Waals surface area contributed by atoms with Crippen LogP contribution in [0.15, 0.2) is 46.2 Å². The van der Waals surface area contributed by atoms with Gasteiger partial charge in [-0.25, -0.2) is 15.0 Å². The van der Waals surface area contributed by atoms with E-state index in [1.807, 2.05) is 31.2 Å². The summed E-state index contributed by atoms with van der Waals surface area (Å²) in [4.78, 5) is 28.6. The number of anilines is 1. The van der Waals surface area contributed by atoms with Crippen molar-refractivity contribution in [2.75, 3.05) is 11.1 Å². The fraction of sp³-hybridized carbons (Fsp3) is 0.167. The van der Waals surface area contributed by atoms with Crippen LogP contribution in [-0.4, -0.2) is 36.8 Å². The summed E-state index contributed by atoms with van der Waals surface area (Å²) in [6, 6.07) is 9.62. The van der Waals surface area contributed by atoms with Crippen molar-refractivity contribution in [3.8, 4) is 11.4 Å². The van der Waals surface area contributed by atoms with Gasteiger partial charge in [0.1, 0.15) is 16.3 Å². The zero-order chi connectivity index (χ0) is 18.8. The van der Waals surface area contributed by atoms with Crippen LogP contribution in [0, 0.1) is 13.8 Å². The van der Waals surface area contributed by atoms with E-state index >= 15 is 0 Å². The Balaban J connectivity index is 1.56. The van der Waals surface area contributed by atoms with Gasteiger partial charge >= 0.3 is 0 Å². The fourth-order valence-corrected chi connectivity index (χ4v) is 3.27. The third kappa shape index (κ3) is 3.82. The number of imidazole rings is 1. The molecule has 27 heavy (non-hydrogen) atoms. The first-order valence-corrected chi connectivity index (χ1v) is 9.21. The number of aromatic nitrogens is 5. The summed E-state index contributed by atoms with van der Waals surface area (Å²) >= 11 is 1.31. The van der Waals surface area contributed by atoms with Crippen molar-refractivity contribution < 1.29 is 9.32 Å². The van der Waals surface area contributed by atoms with E-state index < -0.39 is 0 Å². The molecular weight excluding hydrogens is 364 g/mol. The van der Waals surface area contributed by atoms with Crippen LogP contribution in [0.25, 0.3) is 22.6 Å². The second-order valence-electron chi connectivity index (χ2n) is 5.98. The number of aryl methyl sites for hydroxylation is 2. The molecule has 0 radical (unpaired) electrons. The monoisotopic (exact) mass is 380 g/mol. The second-order valence-corrected chi connectivity index (χ2v) is 6.94. The first-order valence-electron chi connectivity index (χ1n) is 8.22. The number of hydrogen-bond donors (Lipinski definition) is 2. The van der Waals surface area contributed by atoms with E-state index in [0.717, 1.165) is 11.1 Å². The van der Waals surface area contributed by atoms with E-state index in [1.165, 1.54) is 11.8 Å². The average Bonchev–Trinajstić information content (AvgIpc) is 3.29. The Hall–Kier alpha value is -3.20. The van der Waals surface area contributed by atoms with Crippen molar-refractivity contribution in [2.24, 2.45) is 0 Å². The van der Waals surface area contributed by atoms with Gasteiger partial charge in [-0.2, -0.15) is 0 Å². The molecular formula is C18H16N6O2S. The molecule has 0 bridgehead atoms. The number of fused-ring (bicyclic) bond motifs is 1. The third-order valence-electron chi connectivity index (χ3n) is 3.80. The molecule has 0 saturated carbocycles. The zero-order valence-corrected chi connectivity index (χ0v) is 15.5. The summed E-state index contributed by atoms with van der Waals surface area (Å²) in [6.45, 7) is 3.79. The van der Waals surface area contributed by atoms with Gasteiger partial charge in [-0.3, -0.25) is 4.79 Å². The van der Waals surface area contributed by atoms with Crippen LogP contribution in [0.4, 0.5) is 5.82 Å². The van der Waals surface area contributed by atoms with Gasteiger partial charge in [0, 0.05) is 11.6 Å². The molecule has 9 heteroatoms. The smallest absolute Gasteiger partial charge is 0.236 e. The first-order chi connectivity index (χ1) is 13.1. The van der Waals surface area contributed by atoms with Crippen LogP contribution in [-0.2, 0) is 4.79 Å². The summed E-state index contributed by atoms with van der Waals surface area (Å²) in [5, 5.41) is 7.12. The lowest BCUT2D eigenvalue weighted by Crippen LogP contribution is -2.14. The number of hydrogen-bond acceptors (Lipinski definition) is 7. The average molecular weight is 380 g/mol. The van der Waals surface area contributed by atoms with Crippen LogP contribution in [0.5, 0.6) is 0 Å². The van der Waals surface area contributed by atoms with Gasteiger partial charge in [0.25, 0.3) is 0 Å². The van der Waals surface area contributed by atoms with Gasteiger partial charge in [-0.15, -0.1) is 0 Å². The highest BCUT2D eigenvalue weighted by Gasteiger charge is 2.14. The Morgan fingerprint density at radius 1 is 1.22 bits per heavy atom. The van der Waals surface area contributed by atoms with Gasteiger partial charge in [0.05, 0.1) is 12.1 Å². The summed E-state index contributed by atoms with van der Waals surface area (Å²) in [7, 11) is 0. The number of nitrogens with one attached hydrogen (secondary N) is 2. The first kappa shape index (κ1) is 17.2. The largest absolute Gasteiger partial charge is 0.360 e. The molecule has 2 N–H and O–H groups in total. The van der Waals surface area contributed by atoms with Crippen LogP contribution in [0.1, 0.15) is 11.3 Å². The zero-order valence-electron chi connectivity index (χ0n) is 14.7. The minimum atomic E-state index is -0.198. The number of rotatable bonds is 5. The van der Waals surface area contributed by atoms with Crippen molar-refractivity contribution in [1.82, 2.24) is 25.1 Å². The summed E-state index contributed by atoms with van der Waals surface area (Å²) in [5.74, 6) is 1.58. The molecule has 4 aromatic rings. The molecule has 8 nitrogen and oxygen atoms in total. The number of benzene rings is 1. The van der Waals surface area contributed by atoms with E-state index in [4.69, 9.17) is 4.52 Å². The molecule has 1 amide bonds. The molecule has 0 spiro atoms. The predicted molar refractivity (Wildman–Crippen MR) is 102 cm³/mol. The van der Waals surface area contributed by atoms with Crippen molar-refractivity contribution in [3.05, 3.63) is 48.0 Å². The lowest BCUT2D eigenvalue weighted by atomic mass is 10.1. The highest BCUT2D eigenvalue weighted by molar-refractivity contribution is 8.00. The van der Waals surface area contributed by atoms with Gasteiger partial charge in [-0.1, -0.05) is 46.7 Å². The Morgan fingerprint density at radius 3 is 2.78 bits per heavy atom. The van der Waals surface area contributed by atoms with E-state index in [0.29, 0.717) is 33.6 Å². The maximum absolute atomic E-state index is 12.2. The molecule has 3 aromatic heterocycles. The third-order valence-corrected chi connectivity index (χ3v) is 4.77. The molecule has 0 unspecified atom stereocenters. The second kappa shape index (κ2) is 7.20. The maximum Gasteiger partial charge on any atom is 0.236 e. The summed E-state index contributed by atoms with van der Waals surface area (Å²) in [5.41, 5.74) is 3.33. The standard InChI is InChI=1S/C18H16N6O2S/c1-10-3-5-12(6-4-10)16-22-17-15(19-9-20-17)18(23-16)27-8-14(25)21-13-7-11(2)26-24-13/h3-7,9H,8H2,1-2H3,(H,21,24,25)(H,19,20,22,23). The highest BCUT2D eigenvalue weighted by atomic mass is 32.2. The molecule has 136 valence electrons. The maximum atomic E-state index is 12.2. The number of carbonyl (C=O) groups excluding carboxylic acids is 1. The van der Waals surface area contributed by atoms with E-state index in [1.54, 1.807) is 19.3 Å². The SMILES string of the molecule is Cc1ccc(-c2nc(SCC(=O)Nc3cc(C)on3)c3[nH]cnc3n2)cc1. The lowest BCUT2D eigenvalue weighted by Gasteiger charge is -2.06. The van der Waals surface area contributed by atoms with Crippen molar-refractivity contribution in [1.29, 1.82) is 0 Å². The van der Waals surface area contributed by atoms with Crippen LogP contribution < -0.4 is 5.32 Å². The summed E-state index contributed by atoms with van der Waals surface area (Å²) in [6.07, 6.45) is 1.57. The van der Waals surface area contributed by atoms with Gasteiger partial charge < -0.3 is 14.8 Å². The Labute approximate surface area is 158 Å². The Morgan fingerprint density at radius 2 is 2.04 bits per heavy atom. The van der Waals surface area contributed by atoms with Gasteiger partial charge in [0.15, 0.2) is 17.3 Å². The van der Waals surface area contributed by atoms with Gasteiger partial charge in [0.2, 0.25) is 5.91 Å². The normalized spacial score (nSPS) is 11.0. The number of amides is 1. The topological polar surface area (TPSA) is 110 Å². The lowest BCUT2D eigenvalue weighted by molar-refractivity contribution is -0.113. The quantitative estimate of drug-likeness (QED) is 0.403. The van der Waals surface area contributed by atoms with Crippen molar-refractivity contribution >= 4 is 34.7 Å². The fourth-order valence-electron chi connectivity index (χ4n) is 2.48. The van der Waals surface area contributed by atoms with Crippen molar-refractivity contribution in [3.63, 3.8) is 0 Å². The Kier molecular flexibility index (Phi) is 4.59. The molecule has 0 fully saturated rings. The number of nitrogens with zero attached hydrogens (tertiary/aromatic N) is 4. The van der Waals surface area contributed by atoms with Crippen LogP contribution in [0.3, 0.4) is 0 Å². The number of H-pyrrole nitrogens is 1. The van der Waals surface area contributed by atoms with Gasteiger partial charge in [-0.05, 0) is 13.8 Å². The van der Waals surface area contributed by atoms with E-state index in [2.05, 4.69) is 30.4 Å². The molecule has 4 rings (SSSR count). The molecule has 0 aliphatic rings. The van der Waals surface area contributed by atoms with Crippen LogP contribution in [0.2, 0.25) is 0 Å². The van der Waals surface area contributed by atoms with Crippen LogP contribution >= 0.6 is 11.8 Å². The molecule has 0 aliphatic carbocycles. The minimum absolute atomic E-state index is 0.171. The number of thioether (sulfide) groups is 1. The minimum Gasteiger partial charge on any atom is -0.360 e. The molecule has 3 heterocycles. The number of carbonyl (C=O) groups is 1. The highest BCUT2D eigenvalue weighted by Crippen LogP contribution is 2.26. The molecule has 1 aromatic carbocycles. The number of aromatic amines is 1. The predicted octanol–water partition coefficient (Wildman–Crippen LogP) is 3.36. The summed E-state index contributed by atoms with van der Waals surface area (Å²) < 4.78 is 4.94. The Bertz CT molecular complexity index is 1100. The van der Waals surface area contributed by atoms with Crippen molar-refractivity contribution in [2.45, 2.75) is 18.9 Å². The van der Waals surface area contributed by atoms with E-state index in [-0.39, 0.29) is 11.7 Å². The van der Waals surface area contributed by atoms with E-state index in [9.17, 15) is 4.79 Å².